The molecule has 0 aliphatic rings. The van der Waals surface area contributed by atoms with Gasteiger partial charge >= 0.3 is 0 Å². The highest BCUT2D eigenvalue weighted by molar-refractivity contribution is 7.92. The van der Waals surface area contributed by atoms with Crippen molar-refractivity contribution in [1.82, 2.24) is 9.78 Å². The van der Waals surface area contributed by atoms with Crippen LogP contribution in [0.5, 0.6) is 0 Å². The van der Waals surface area contributed by atoms with E-state index in [2.05, 4.69) is 9.82 Å². The van der Waals surface area contributed by atoms with E-state index < -0.39 is 14.9 Å². The van der Waals surface area contributed by atoms with Gasteiger partial charge in [-0.15, -0.1) is 0 Å². The lowest BCUT2D eigenvalue weighted by Gasteiger charge is -2.10. The maximum absolute atomic E-state index is 12.8. The summed E-state index contributed by atoms with van der Waals surface area (Å²) in [7, 11) is -4.01. The third-order valence-electron chi connectivity index (χ3n) is 4.22. The highest BCUT2D eigenvalue weighted by Crippen LogP contribution is 2.27. The van der Waals surface area contributed by atoms with Crippen molar-refractivity contribution in [3.8, 4) is 5.69 Å². The predicted molar refractivity (Wildman–Crippen MR) is 102 cm³/mol. The largest absolute Gasteiger partial charge is 0.276 e. The van der Waals surface area contributed by atoms with E-state index in [4.69, 9.17) is 0 Å². The van der Waals surface area contributed by atoms with Crippen LogP contribution in [0.2, 0.25) is 0 Å². The molecule has 1 N–H and O–H groups in total. The number of nitro benzene ring substituents is 1. The van der Waals surface area contributed by atoms with Gasteiger partial charge in [0.2, 0.25) is 0 Å². The average Bonchev–Trinajstić information content (AvgIpc) is 2.90. The Morgan fingerprint density at radius 2 is 1.74 bits per heavy atom. The normalized spacial score (nSPS) is 11.4. The van der Waals surface area contributed by atoms with Crippen molar-refractivity contribution >= 4 is 21.4 Å². The minimum atomic E-state index is -4.01. The number of nitro groups is 1. The van der Waals surface area contributed by atoms with E-state index in [1.807, 2.05) is 30.3 Å². The number of sulfonamides is 1. The van der Waals surface area contributed by atoms with Crippen LogP contribution in [0.25, 0.3) is 5.69 Å². The number of hydrogen-bond donors (Lipinski definition) is 1. The second-order valence-corrected chi connectivity index (χ2v) is 7.79. The number of nitrogens with one attached hydrogen (secondary N) is 1. The zero-order valence-electron chi connectivity index (χ0n) is 15.0. The second-order valence-electron chi connectivity index (χ2n) is 6.10. The third-order valence-corrected chi connectivity index (χ3v) is 5.56. The first-order valence-electron chi connectivity index (χ1n) is 8.10. The average molecular weight is 386 g/mol. The van der Waals surface area contributed by atoms with Crippen molar-refractivity contribution in [2.75, 3.05) is 4.72 Å². The molecule has 27 heavy (non-hydrogen) atoms. The first kappa shape index (κ1) is 18.6. The summed E-state index contributed by atoms with van der Waals surface area (Å²) >= 11 is 0. The Morgan fingerprint density at radius 3 is 2.37 bits per heavy atom. The fourth-order valence-corrected chi connectivity index (χ4v) is 3.95. The Hall–Kier alpha value is -3.20. The van der Waals surface area contributed by atoms with Crippen LogP contribution in [0.1, 0.15) is 17.0 Å². The lowest BCUT2D eigenvalue weighted by Crippen LogP contribution is -2.14. The van der Waals surface area contributed by atoms with E-state index in [0.29, 0.717) is 22.6 Å². The third kappa shape index (κ3) is 3.54. The van der Waals surface area contributed by atoms with Crippen LogP contribution in [0.3, 0.4) is 0 Å². The molecule has 3 aromatic rings. The molecular weight excluding hydrogens is 368 g/mol. The van der Waals surface area contributed by atoms with E-state index in [0.717, 1.165) is 11.8 Å². The number of aryl methyl sites for hydroxylation is 2. The van der Waals surface area contributed by atoms with E-state index >= 15 is 0 Å². The molecule has 8 nitrogen and oxygen atoms in total. The van der Waals surface area contributed by atoms with Gasteiger partial charge in [-0.3, -0.25) is 14.8 Å². The Labute approximate surface area is 156 Å². The number of para-hydroxylation sites is 1. The maximum Gasteiger partial charge on any atom is 0.273 e. The van der Waals surface area contributed by atoms with Crippen molar-refractivity contribution in [1.29, 1.82) is 0 Å². The maximum atomic E-state index is 12.8. The van der Waals surface area contributed by atoms with Gasteiger partial charge in [0.1, 0.15) is 0 Å². The van der Waals surface area contributed by atoms with Crippen LogP contribution < -0.4 is 4.72 Å². The van der Waals surface area contributed by atoms with E-state index in [9.17, 15) is 18.5 Å². The van der Waals surface area contributed by atoms with Crippen molar-refractivity contribution < 1.29 is 13.3 Å². The number of anilines is 1. The molecule has 1 heterocycles. The van der Waals surface area contributed by atoms with Gasteiger partial charge in [0.05, 0.1) is 32.6 Å². The van der Waals surface area contributed by atoms with Crippen LogP contribution in [0.4, 0.5) is 11.4 Å². The SMILES string of the molecule is Cc1ccc(S(=O)(=O)Nc2c(C)nn(-c3ccccc3)c2C)cc1[N+](=O)[O-]. The van der Waals surface area contributed by atoms with Crippen LogP contribution in [-0.4, -0.2) is 23.1 Å². The summed E-state index contributed by atoms with van der Waals surface area (Å²) in [5.74, 6) is 0. The Morgan fingerprint density at radius 1 is 1.07 bits per heavy atom. The molecule has 140 valence electrons. The van der Waals surface area contributed by atoms with Crippen molar-refractivity contribution in [3.63, 3.8) is 0 Å². The molecule has 0 aliphatic heterocycles. The van der Waals surface area contributed by atoms with Gasteiger partial charge in [0.15, 0.2) is 0 Å². The molecular formula is C18H18N4O4S. The smallest absolute Gasteiger partial charge is 0.273 e. The zero-order chi connectivity index (χ0) is 19.8. The fourth-order valence-electron chi connectivity index (χ4n) is 2.76. The summed E-state index contributed by atoms with van der Waals surface area (Å²) < 4.78 is 29.7. The quantitative estimate of drug-likeness (QED) is 0.533. The standard InChI is InChI=1S/C18H18N4O4S/c1-12-9-10-16(11-17(12)22(23)24)27(25,26)20-18-13(2)19-21(14(18)3)15-7-5-4-6-8-15/h4-11,20H,1-3H3. The van der Waals surface area contributed by atoms with Crippen LogP contribution in [-0.2, 0) is 10.0 Å². The van der Waals surface area contributed by atoms with Crippen LogP contribution in [0, 0.1) is 30.9 Å². The Bertz CT molecular complexity index is 1120. The molecule has 0 aliphatic carbocycles. The lowest BCUT2D eigenvalue weighted by atomic mass is 10.2. The summed E-state index contributed by atoms with van der Waals surface area (Å²) in [5.41, 5.74) is 2.41. The van der Waals surface area contributed by atoms with Gasteiger partial charge in [-0.05, 0) is 39.0 Å². The molecule has 3 rings (SSSR count). The summed E-state index contributed by atoms with van der Waals surface area (Å²) in [6.07, 6.45) is 0. The van der Waals surface area contributed by atoms with Crippen molar-refractivity contribution in [2.45, 2.75) is 25.7 Å². The van der Waals surface area contributed by atoms with Gasteiger partial charge < -0.3 is 0 Å². The molecule has 0 bridgehead atoms. The molecule has 0 fully saturated rings. The number of aromatic nitrogens is 2. The predicted octanol–water partition coefficient (Wildman–Crippen LogP) is 3.51. The molecule has 0 saturated heterocycles. The number of hydrogen-bond acceptors (Lipinski definition) is 5. The highest BCUT2D eigenvalue weighted by Gasteiger charge is 2.23. The first-order valence-corrected chi connectivity index (χ1v) is 9.58. The second kappa shape index (κ2) is 6.84. The molecule has 0 amide bonds. The fraction of sp³-hybridized carbons (Fsp3) is 0.167. The van der Waals surface area contributed by atoms with E-state index in [1.165, 1.54) is 12.1 Å². The topological polar surface area (TPSA) is 107 Å². The number of rotatable bonds is 5. The molecule has 9 heteroatoms. The highest BCUT2D eigenvalue weighted by atomic mass is 32.2. The Balaban J connectivity index is 2.01. The number of nitrogens with zero attached hydrogens (tertiary/aromatic N) is 3. The minimum Gasteiger partial charge on any atom is -0.276 e. The molecule has 0 saturated carbocycles. The lowest BCUT2D eigenvalue weighted by molar-refractivity contribution is -0.385. The van der Waals surface area contributed by atoms with Gasteiger partial charge in [-0.2, -0.15) is 5.10 Å². The number of benzene rings is 2. The molecule has 0 spiro atoms. The molecule has 0 atom stereocenters. The van der Waals surface area contributed by atoms with Gasteiger partial charge in [-0.1, -0.05) is 24.3 Å². The summed E-state index contributed by atoms with van der Waals surface area (Å²) in [4.78, 5) is 10.3. The van der Waals surface area contributed by atoms with Crippen molar-refractivity contribution in [2.24, 2.45) is 0 Å². The van der Waals surface area contributed by atoms with Crippen molar-refractivity contribution in [3.05, 3.63) is 75.6 Å². The monoisotopic (exact) mass is 386 g/mol. The van der Waals surface area contributed by atoms with Crippen LogP contribution >= 0.6 is 0 Å². The summed E-state index contributed by atoms with van der Waals surface area (Å²) in [6, 6.07) is 13.1. The molecule has 0 unspecified atom stereocenters. The van der Waals surface area contributed by atoms with E-state index in [-0.39, 0.29) is 10.6 Å². The van der Waals surface area contributed by atoms with Gasteiger partial charge in [0.25, 0.3) is 15.7 Å². The molecule has 0 radical (unpaired) electrons. The van der Waals surface area contributed by atoms with Crippen LogP contribution in [0.15, 0.2) is 53.4 Å². The zero-order valence-corrected chi connectivity index (χ0v) is 15.8. The first-order chi connectivity index (χ1) is 12.7. The molecule has 2 aromatic carbocycles. The molecule has 1 aromatic heterocycles. The van der Waals surface area contributed by atoms with E-state index in [1.54, 1.807) is 25.5 Å². The minimum absolute atomic E-state index is 0.175. The van der Waals surface area contributed by atoms with Gasteiger partial charge in [-0.25, -0.2) is 13.1 Å². The summed E-state index contributed by atoms with van der Waals surface area (Å²) in [6.45, 7) is 5.00. The van der Waals surface area contributed by atoms with Gasteiger partial charge in [0, 0.05) is 11.6 Å². The summed E-state index contributed by atoms with van der Waals surface area (Å²) in [5, 5.41) is 15.5. The Kier molecular flexibility index (Phi) is 4.71.